The zero-order valence-electron chi connectivity index (χ0n) is 5.27. The van der Waals surface area contributed by atoms with Crippen LogP contribution in [0.3, 0.4) is 0 Å². The van der Waals surface area contributed by atoms with Gasteiger partial charge in [-0.3, -0.25) is 0 Å². The van der Waals surface area contributed by atoms with Crippen LogP contribution < -0.4 is 0 Å². The van der Waals surface area contributed by atoms with Crippen molar-refractivity contribution >= 4 is 0 Å². The molecule has 0 aromatic carbocycles. The van der Waals surface area contributed by atoms with Gasteiger partial charge in [0.15, 0.2) is 5.60 Å². The Morgan fingerprint density at radius 1 is 1.75 bits per heavy atom. The summed E-state index contributed by atoms with van der Waals surface area (Å²) >= 11 is 0. The van der Waals surface area contributed by atoms with Crippen LogP contribution >= 0.6 is 0 Å². The van der Waals surface area contributed by atoms with Crippen LogP contribution in [0.4, 0.5) is 0 Å². The summed E-state index contributed by atoms with van der Waals surface area (Å²) < 4.78 is 5.15. The molecule has 0 spiro atoms. The van der Waals surface area contributed by atoms with Gasteiger partial charge in [-0.25, -0.2) is 0 Å². The Bertz CT molecular complexity index is 146. The summed E-state index contributed by atoms with van der Waals surface area (Å²) in [4.78, 5) is 0. The van der Waals surface area contributed by atoms with Gasteiger partial charge >= 0.3 is 0 Å². The van der Waals surface area contributed by atoms with Gasteiger partial charge in [0.2, 0.25) is 0 Å². The highest BCUT2D eigenvalue weighted by atomic mass is 16.6. The van der Waals surface area contributed by atoms with Gasteiger partial charge in [0.25, 0.3) is 0 Å². The van der Waals surface area contributed by atoms with E-state index in [4.69, 9.17) is 4.74 Å². The van der Waals surface area contributed by atoms with Gasteiger partial charge in [0, 0.05) is 0 Å². The van der Waals surface area contributed by atoms with Crippen molar-refractivity contribution in [2.45, 2.75) is 19.4 Å². The van der Waals surface area contributed by atoms with E-state index in [-0.39, 0.29) is 5.60 Å². The summed E-state index contributed by atoms with van der Waals surface area (Å²) in [6.45, 7) is 7.58. The first-order valence-corrected chi connectivity index (χ1v) is 2.72. The van der Waals surface area contributed by atoms with Gasteiger partial charge in [0.05, 0.1) is 0 Å². The fraction of sp³-hybridized carbons (Fsp3) is 0.429. The SMILES string of the molecule is C=C[C@]1(C)O/C1=C/C. The topological polar surface area (TPSA) is 12.5 Å². The molecule has 0 unspecified atom stereocenters. The molecule has 0 N–H and O–H groups in total. The Kier molecular flexibility index (Phi) is 0.932. The average Bonchev–Trinajstić information content (AvgIpc) is 2.44. The first kappa shape index (κ1) is 5.42. The van der Waals surface area contributed by atoms with E-state index in [1.807, 2.05) is 26.0 Å². The largest absolute Gasteiger partial charge is 0.476 e. The predicted octanol–water partition coefficient (Wildman–Crippen LogP) is 1.87. The Balaban J connectivity index is 2.68. The minimum absolute atomic E-state index is 0.116. The first-order chi connectivity index (χ1) is 3.73. The van der Waals surface area contributed by atoms with Gasteiger partial charge in [-0.15, -0.1) is 0 Å². The van der Waals surface area contributed by atoms with E-state index in [0.717, 1.165) is 5.76 Å². The van der Waals surface area contributed by atoms with Crippen LogP contribution in [0.1, 0.15) is 13.8 Å². The normalized spacial score (nSPS) is 39.0. The second kappa shape index (κ2) is 1.38. The Hall–Kier alpha value is -0.720. The zero-order chi connectivity index (χ0) is 6.20. The number of ether oxygens (including phenoxy) is 1. The monoisotopic (exact) mass is 110 g/mol. The van der Waals surface area contributed by atoms with Crippen LogP contribution in [0.2, 0.25) is 0 Å². The molecular weight excluding hydrogens is 100 g/mol. The van der Waals surface area contributed by atoms with Gasteiger partial charge < -0.3 is 4.74 Å². The lowest BCUT2D eigenvalue weighted by atomic mass is 10.2. The van der Waals surface area contributed by atoms with Crippen molar-refractivity contribution in [3.63, 3.8) is 0 Å². The molecular formula is C7H10O. The van der Waals surface area contributed by atoms with Gasteiger partial charge in [0.1, 0.15) is 5.76 Å². The molecule has 0 saturated carbocycles. The molecule has 1 fully saturated rings. The molecule has 1 saturated heterocycles. The van der Waals surface area contributed by atoms with Crippen molar-refractivity contribution in [3.05, 3.63) is 24.5 Å². The lowest BCUT2D eigenvalue weighted by molar-refractivity contribution is 0.383. The second-order valence-corrected chi connectivity index (χ2v) is 2.07. The number of hydrogen-bond donors (Lipinski definition) is 0. The molecule has 1 atom stereocenters. The first-order valence-electron chi connectivity index (χ1n) is 2.72. The fourth-order valence-corrected chi connectivity index (χ4v) is 0.691. The lowest BCUT2D eigenvalue weighted by Crippen LogP contribution is -1.93. The summed E-state index contributed by atoms with van der Waals surface area (Å²) in [5.41, 5.74) is -0.116. The second-order valence-electron chi connectivity index (χ2n) is 2.07. The third-order valence-electron chi connectivity index (χ3n) is 1.42. The summed E-state index contributed by atoms with van der Waals surface area (Å²) in [6, 6.07) is 0. The number of rotatable bonds is 1. The molecule has 1 nitrogen and oxygen atoms in total. The van der Waals surface area contributed by atoms with Crippen molar-refractivity contribution in [1.29, 1.82) is 0 Å². The maximum Gasteiger partial charge on any atom is 0.180 e. The van der Waals surface area contributed by atoms with Gasteiger partial charge in [-0.2, -0.15) is 0 Å². The molecule has 1 heterocycles. The van der Waals surface area contributed by atoms with E-state index in [2.05, 4.69) is 6.58 Å². The van der Waals surface area contributed by atoms with Crippen LogP contribution in [0.15, 0.2) is 24.5 Å². The Morgan fingerprint density at radius 2 is 2.38 bits per heavy atom. The fourth-order valence-electron chi connectivity index (χ4n) is 0.691. The zero-order valence-corrected chi connectivity index (χ0v) is 5.27. The molecule has 0 bridgehead atoms. The standard InChI is InChI=1S/C7H10O/c1-4-6-7(3,5-2)8-6/h4-5H,2H2,1,3H3/b6-4+/t7-/m0/s1. The van der Waals surface area contributed by atoms with Crippen LogP contribution in [0.5, 0.6) is 0 Å². The minimum Gasteiger partial charge on any atom is -0.476 e. The third-order valence-corrected chi connectivity index (χ3v) is 1.42. The van der Waals surface area contributed by atoms with E-state index in [1.54, 1.807) is 0 Å². The molecule has 0 aromatic heterocycles. The van der Waals surface area contributed by atoms with E-state index in [9.17, 15) is 0 Å². The molecule has 8 heavy (non-hydrogen) atoms. The van der Waals surface area contributed by atoms with Crippen LogP contribution in [0.25, 0.3) is 0 Å². The van der Waals surface area contributed by atoms with Gasteiger partial charge in [-0.1, -0.05) is 6.58 Å². The third kappa shape index (κ3) is 0.548. The number of hydrogen-bond acceptors (Lipinski definition) is 1. The molecule has 0 radical (unpaired) electrons. The van der Waals surface area contributed by atoms with E-state index < -0.39 is 0 Å². The molecule has 1 heteroatoms. The Morgan fingerprint density at radius 3 is 2.50 bits per heavy atom. The molecule has 0 aromatic rings. The quantitative estimate of drug-likeness (QED) is 0.371. The highest BCUT2D eigenvalue weighted by Gasteiger charge is 2.43. The smallest absolute Gasteiger partial charge is 0.180 e. The van der Waals surface area contributed by atoms with Crippen molar-refractivity contribution < 1.29 is 4.74 Å². The lowest BCUT2D eigenvalue weighted by Gasteiger charge is -1.84. The summed E-state index contributed by atoms with van der Waals surface area (Å²) in [6.07, 6.45) is 3.77. The Labute approximate surface area is 49.7 Å². The van der Waals surface area contributed by atoms with Crippen LogP contribution in [-0.4, -0.2) is 5.60 Å². The molecule has 1 rings (SSSR count). The van der Waals surface area contributed by atoms with Crippen LogP contribution in [0, 0.1) is 0 Å². The number of allylic oxidation sites excluding steroid dienone is 1. The predicted molar refractivity (Wildman–Crippen MR) is 33.4 cm³/mol. The molecule has 1 aliphatic rings. The van der Waals surface area contributed by atoms with Crippen LogP contribution in [-0.2, 0) is 4.74 Å². The van der Waals surface area contributed by atoms with E-state index in [1.165, 1.54) is 0 Å². The minimum atomic E-state index is -0.116. The van der Waals surface area contributed by atoms with Crippen molar-refractivity contribution in [3.8, 4) is 0 Å². The van der Waals surface area contributed by atoms with Crippen molar-refractivity contribution in [2.75, 3.05) is 0 Å². The molecule has 0 amide bonds. The van der Waals surface area contributed by atoms with Crippen molar-refractivity contribution in [1.82, 2.24) is 0 Å². The highest BCUT2D eigenvalue weighted by molar-refractivity contribution is 5.29. The summed E-state index contributed by atoms with van der Waals surface area (Å²) in [5, 5.41) is 0. The molecule has 1 aliphatic heterocycles. The average molecular weight is 110 g/mol. The summed E-state index contributed by atoms with van der Waals surface area (Å²) in [7, 11) is 0. The maximum absolute atomic E-state index is 5.15. The maximum atomic E-state index is 5.15. The number of epoxide rings is 1. The summed E-state index contributed by atoms with van der Waals surface area (Å²) in [5.74, 6) is 1.03. The van der Waals surface area contributed by atoms with E-state index >= 15 is 0 Å². The van der Waals surface area contributed by atoms with Crippen molar-refractivity contribution in [2.24, 2.45) is 0 Å². The molecule has 44 valence electrons. The molecule has 0 aliphatic carbocycles. The van der Waals surface area contributed by atoms with Gasteiger partial charge in [-0.05, 0) is 26.0 Å². The highest BCUT2D eigenvalue weighted by Crippen LogP contribution is 2.40. The van der Waals surface area contributed by atoms with E-state index in [0.29, 0.717) is 0 Å².